The average molecular weight is 255 g/mol. The second-order valence-corrected chi connectivity index (χ2v) is 5.95. The molecule has 0 bridgehead atoms. The van der Waals surface area contributed by atoms with Crippen molar-refractivity contribution in [3.05, 3.63) is 0 Å². The summed E-state index contributed by atoms with van der Waals surface area (Å²) in [7, 11) is 0. The Morgan fingerprint density at radius 1 is 1.28 bits per heavy atom. The lowest BCUT2D eigenvalue weighted by molar-refractivity contribution is -0.143. The lowest BCUT2D eigenvalue weighted by Crippen LogP contribution is -2.47. The maximum atomic E-state index is 12.4. The molecule has 2 aliphatic carbocycles. The third-order valence-electron chi connectivity index (χ3n) is 4.50. The van der Waals surface area contributed by atoms with E-state index < -0.39 is 23.2 Å². The van der Waals surface area contributed by atoms with Gasteiger partial charge in [-0.3, -0.25) is 9.59 Å². The maximum absolute atomic E-state index is 12.4. The number of carboxylic acid groups (broad SMARTS) is 1. The Kier molecular flexibility index (Phi) is 3.36. The fourth-order valence-electron chi connectivity index (χ4n) is 3.02. The van der Waals surface area contributed by atoms with Gasteiger partial charge in [-0.2, -0.15) is 0 Å². The molecule has 5 heteroatoms. The summed E-state index contributed by atoms with van der Waals surface area (Å²) in [5, 5.41) is 18.2. The molecule has 102 valence electrons. The van der Waals surface area contributed by atoms with Gasteiger partial charge >= 0.3 is 5.97 Å². The minimum atomic E-state index is -0.893. The number of carbonyl (C=O) groups excluding carboxylic acids is 1. The molecule has 2 N–H and O–H groups in total. The predicted octanol–water partition coefficient (Wildman–Crippen LogP) is 0.717. The molecule has 0 aliphatic heterocycles. The number of amides is 1. The SMILES string of the molecule is CC1(C)C(C(=O)O)C1C(=O)N(CCO)C1CCC1. The van der Waals surface area contributed by atoms with E-state index in [-0.39, 0.29) is 18.6 Å². The lowest BCUT2D eigenvalue weighted by Gasteiger charge is -2.37. The molecule has 0 aromatic carbocycles. The molecule has 0 aromatic rings. The summed E-state index contributed by atoms with van der Waals surface area (Å²) in [6.45, 7) is 3.91. The molecule has 18 heavy (non-hydrogen) atoms. The van der Waals surface area contributed by atoms with Crippen molar-refractivity contribution in [1.29, 1.82) is 0 Å². The first kappa shape index (κ1) is 13.3. The van der Waals surface area contributed by atoms with Crippen molar-refractivity contribution in [3.63, 3.8) is 0 Å². The fraction of sp³-hybridized carbons (Fsp3) is 0.846. The van der Waals surface area contributed by atoms with Crippen LogP contribution in [-0.4, -0.2) is 46.2 Å². The van der Waals surface area contributed by atoms with Gasteiger partial charge in [-0.05, 0) is 24.7 Å². The maximum Gasteiger partial charge on any atom is 0.307 e. The summed E-state index contributed by atoms with van der Waals surface area (Å²) in [6.07, 6.45) is 3.05. The highest BCUT2D eigenvalue weighted by atomic mass is 16.4. The van der Waals surface area contributed by atoms with Gasteiger partial charge in [0, 0.05) is 12.6 Å². The van der Waals surface area contributed by atoms with Crippen LogP contribution in [0.4, 0.5) is 0 Å². The quantitative estimate of drug-likeness (QED) is 0.758. The number of aliphatic hydroxyl groups excluding tert-OH is 1. The minimum absolute atomic E-state index is 0.0624. The summed E-state index contributed by atoms with van der Waals surface area (Å²) < 4.78 is 0. The van der Waals surface area contributed by atoms with Crippen LogP contribution >= 0.6 is 0 Å². The number of hydrogen-bond acceptors (Lipinski definition) is 3. The van der Waals surface area contributed by atoms with Gasteiger partial charge in [-0.1, -0.05) is 13.8 Å². The fourth-order valence-corrected chi connectivity index (χ4v) is 3.02. The molecule has 0 radical (unpaired) electrons. The van der Waals surface area contributed by atoms with Crippen LogP contribution in [0.15, 0.2) is 0 Å². The van der Waals surface area contributed by atoms with E-state index in [4.69, 9.17) is 10.2 Å². The Hall–Kier alpha value is -1.10. The number of aliphatic carboxylic acids is 1. The largest absolute Gasteiger partial charge is 0.481 e. The van der Waals surface area contributed by atoms with Crippen LogP contribution in [0, 0.1) is 17.3 Å². The number of rotatable bonds is 5. The van der Waals surface area contributed by atoms with E-state index in [1.807, 2.05) is 13.8 Å². The van der Waals surface area contributed by atoms with Crippen molar-refractivity contribution in [2.45, 2.75) is 39.2 Å². The summed E-state index contributed by atoms with van der Waals surface area (Å²) >= 11 is 0. The van der Waals surface area contributed by atoms with Gasteiger partial charge in [0.15, 0.2) is 0 Å². The van der Waals surface area contributed by atoms with Gasteiger partial charge in [0.1, 0.15) is 0 Å². The topological polar surface area (TPSA) is 77.8 Å². The third-order valence-corrected chi connectivity index (χ3v) is 4.50. The van der Waals surface area contributed by atoms with Crippen LogP contribution in [0.2, 0.25) is 0 Å². The molecule has 1 amide bonds. The van der Waals surface area contributed by atoms with Crippen LogP contribution in [0.1, 0.15) is 33.1 Å². The Bertz CT molecular complexity index is 362. The van der Waals surface area contributed by atoms with Crippen molar-refractivity contribution >= 4 is 11.9 Å². The van der Waals surface area contributed by atoms with E-state index in [9.17, 15) is 9.59 Å². The van der Waals surface area contributed by atoms with Gasteiger partial charge in [0.05, 0.1) is 18.4 Å². The molecule has 2 rings (SSSR count). The molecule has 0 saturated heterocycles. The van der Waals surface area contributed by atoms with Crippen LogP contribution in [-0.2, 0) is 9.59 Å². The third kappa shape index (κ3) is 2.00. The molecule has 0 spiro atoms. The van der Waals surface area contributed by atoms with Crippen molar-refractivity contribution in [2.24, 2.45) is 17.3 Å². The molecule has 2 atom stereocenters. The first-order valence-electron chi connectivity index (χ1n) is 6.55. The molecule has 2 fully saturated rings. The number of aliphatic hydroxyl groups is 1. The first-order valence-corrected chi connectivity index (χ1v) is 6.55. The van der Waals surface area contributed by atoms with E-state index in [1.54, 1.807) is 4.90 Å². The standard InChI is InChI=1S/C13H21NO4/c1-13(2)9(10(13)12(17)18)11(16)14(6-7-15)8-4-3-5-8/h8-10,15H,3-7H2,1-2H3,(H,17,18). The van der Waals surface area contributed by atoms with Crippen molar-refractivity contribution < 1.29 is 19.8 Å². The van der Waals surface area contributed by atoms with Crippen molar-refractivity contribution in [2.75, 3.05) is 13.2 Å². The van der Waals surface area contributed by atoms with Gasteiger partial charge < -0.3 is 15.1 Å². The van der Waals surface area contributed by atoms with Crippen molar-refractivity contribution in [1.82, 2.24) is 4.90 Å². The monoisotopic (exact) mass is 255 g/mol. The van der Waals surface area contributed by atoms with Gasteiger partial charge in [0.25, 0.3) is 0 Å². The minimum Gasteiger partial charge on any atom is -0.481 e. The predicted molar refractivity (Wildman–Crippen MR) is 64.8 cm³/mol. The van der Waals surface area contributed by atoms with E-state index >= 15 is 0 Å². The number of nitrogens with zero attached hydrogens (tertiary/aromatic N) is 1. The first-order chi connectivity index (χ1) is 8.41. The Morgan fingerprint density at radius 2 is 1.89 bits per heavy atom. The number of carbonyl (C=O) groups is 2. The van der Waals surface area contributed by atoms with Crippen molar-refractivity contribution in [3.8, 4) is 0 Å². The highest BCUT2D eigenvalue weighted by Crippen LogP contribution is 2.59. The van der Waals surface area contributed by atoms with Gasteiger partial charge in [-0.15, -0.1) is 0 Å². The number of carboxylic acids is 1. The molecule has 2 unspecified atom stereocenters. The van der Waals surface area contributed by atoms with E-state index in [0.717, 1.165) is 19.3 Å². The Balaban J connectivity index is 2.07. The summed E-state index contributed by atoms with van der Waals surface area (Å²) in [6, 6.07) is 0.204. The van der Waals surface area contributed by atoms with Crippen LogP contribution < -0.4 is 0 Å². The summed E-state index contributed by atoms with van der Waals surface area (Å²) in [4.78, 5) is 25.2. The smallest absolute Gasteiger partial charge is 0.307 e. The number of hydrogen-bond donors (Lipinski definition) is 2. The average Bonchev–Trinajstić information content (AvgIpc) is 2.77. The highest BCUT2D eigenvalue weighted by Gasteiger charge is 2.66. The molecule has 0 aromatic heterocycles. The Morgan fingerprint density at radius 3 is 2.22 bits per heavy atom. The van der Waals surface area contributed by atoms with Crippen LogP contribution in [0.5, 0.6) is 0 Å². The zero-order chi connectivity index (χ0) is 13.5. The van der Waals surface area contributed by atoms with E-state index in [2.05, 4.69) is 0 Å². The molecule has 0 heterocycles. The van der Waals surface area contributed by atoms with E-state index in [1.165, 1.54) is 0 Å². The normalized spacial score (nSPS) is 29.5. The van der Waals surface area contributed by atoms with Crippen LogP contribution in [0.3, 0.4) is 0 Å². The zero-order valence-electron chi connectivity index (χ0n) is 10.9. The van der Waals surface area contributed by atoms with Gasteiger partial charge in [0.2, 0.25) is 5.91 Å². The lowest BCUT2D eigenvalue weighted by atomic mass is 9.91. The zero-order valence-corrected chi connectivity index (χ0v) is 10.9. The van der Waals surface area contributed by atoms with Crippen LogP contribution in [0.25, 0.3) is 0 Å². The molecular weight excluding hydrogens is 234 g/mol. The van der Waals surface area contributed by atoms with Gasteiger partial charge in [-0.25, -0.2) is 0 Å². The Labute approximate surface area is 107 Å². The molecule has 5 nitrogen and oxygen atoms in total. The second-order valence-electron chi connectivity index (χ2n) is 5.95. The molecular formula is C13H21NO4. The molecule has 2 saturated carbocycles. The summed E-state index contributed by atoms with van der Waals surface area (Å²) in [5.41, 5.74) is -0.458. The van der Waals surface area contributed by atoms with E-state index in [0.29, 0.717) is 6.54 Å². The summed E-state index contributed by atoms with van der Waals surface area (Å²) in [5.74, 6) is -1.99. The highest BCUT2D eigenvalue weighted by molar-refractivity contribution is 5.91. The molecule has 2 aliphatic rings. The second kappa shape index (κ2) is 4.53.